The maximum absolute atomic E-state index is 6.01. The first-order valence-corrected chi connectivity index (χ1v) is 5.66. The highest BCUT2D eigenvalue weighted by Crippen LogP contribution is 2.46. The maximum atomic E-state index is 6.01. The van der Waals surface area contributed by atoms with E-state index in [1.165, 1.54) is 5.56 Å². The molecule has 0 radical (unpaired) electrons. The molecule has 0 spiro atoms. The van der Waals surface area contributed by atoms with E-state index in [1.807, 2.05) is 12.1 Å². The van der Waals surface area contributed by atoms with Crippen LogP contribution in [0.3, 0.4) is 0 Å². The van der Waals surface area contributed by atoms with Crippen LogP contribution in [0.5, 0.6) is 5.75 Å². The number of para-hydroxylation sites is 1. The Labute approximate surface area is 91.4 Å². The molecule has 2 rings (SSSR count). The largest absolute Gasteiger partial charge is 0.496 e. The van der Waals surface area contributed by atoms with Crippen molar-refractivity contribution < 1.29 is 4.74 Å². The lowest BCUT2D eigenvalue weighted by atomic mass is 9.65. The van der Waals surface area contributed by atoms with E-state index in [1.54, 1.807) is 7.11 Å². The molecule has 2 nitrogen and oxygen atoms in total. The highest BCUT2D eigenvalue weighted by atomic mass is 16.5. The summed E-state index contributed by atoms with van der Waals surface area (Å²) in [4.78, 5) is 0. The molecule has 3 atom stereocenters. The molecule has 0 saturated heterocycles. The Balaban J connectivity index is 2.23. The van der Waals surface area contributed by atoms with Crippen molar-refractivity contribution in [1.82, 2.24) is 0 Å². The molecule has 1 aromatic carbocycles. The number of hydrogen-bond acceptors (Lipinski definition) is 2. The molecule has 82 valence electrons. The lowest BCUT2D eigenvalue weighted by Crippen LogP contribution is -2.45. The molecule has 1 aliphatic carbocycles. The summed E-state index contributed by atoms with van der Waals surface area (Å²) >= 11 is 0. The van der Waals surface area contributed by atoms with Gasteiger partial charge in [-0.3, -0.25) is 0 Å². The van der Waals surface area contributed by atoms with E-state index in [0.29, 0.717) is 17.9 Å². The number of benzene rings is 1. The Morgan fingerprint density at radius 1 is 1.40 bits per heavy atom. The molecular weight excluding hydrogens is 186 g/mol. The topological polar surface area (TPSA) is 35.2 Å². The molecule has 1 aromatic rings. The summed E-state index contributed by atoms with van der Waals surface area (Å²) in [5, 5.41) is 0. The van der Waals surface area contributed by atoms with Gasteiger partial charge in [0.15, 0.2) is 0 Å². The smallest absolute Gasteiger partial charge is 0.122 e. The Hall–Kier alpha value is -1.02. The number of hydrogen-bond donors (Lipinski definition) is 1. The number of nitrogens with two attached hydrogens (primary N) is 1. The molecule has 1 aliphatic rings. The van der Waals surface area contributed by atoms with Crippen LogP contribution in [0, 0.1) is 5.92 Å². The molecule has 0 heterocycles. The van der Waals surface area contributed by atoms with Gasteiger partial charge in [0.2, 0.25) is 0 Å². The van der Waals surface area contributed by atoms with Crippen molar-refractivity contribution in [3.63, 3.8) is 0 Å². The molecule has 15 heavy (non-hydrogen) atoms. The lowest BCUT2D eigenvalue weighted by Gasteiger charge is -2.43. The minimum Gasteiger partial charge on any atom is -0.496 e. The fourth-order valence-electron chi connectivity index (χ4n) is 2.66. The van der Waals surface area contributed by atoms with Crippen LogP contribution >= 0.6 is 0 Å². The van der Waals surface area contributed by atoms with Gasteiger partial charge in [-0.15, -0.1) is 0 Å². The molecule has 2 N–H and O–H groups in total. The molecule has 1 saturated carbocycles. The second-order valence-electron chi connectivity index (χ2n) is 4.32. The van der Waals surface area contributed by atoms with E-state index >= 15 is 0 Å². The number of ether oxygens (including phenoxy) is 1. The minimum absolute atomic E-state index is 0.380. The molecule has 2 heteroatoms. The second kappa shape index (κ2) is 4.23. The highest BCUT2D eigenvalue weighted by molar-refractivity contribution is 5.38. The third-order valence-electron chi connectivity index (χ3n) is 3.60. The molecule has 0 amide bonds. The first-order chi connectivity index (χ1) is 7.27. The molecular formula is C13H19NO. The van der Waals surface area contributed by atoms with Gasteiger partial charge in [-0.05, 0) is 29.9 Å². The minimum atomic E-state index is 0.380. The summed E-state index contributed by atoms with van der Waals surface area (Å²) in [7, 11) is 1.73. The summed E-state index contributed by atoms with van der Waals surface area (Å²) in [6.07, 6.45) is 2.25. The Kier molecular flexibility index (Phi) is 2.96. The van der Waals surface area contributed by atoms with Crippen molar-refractivity contribution in [3.8, 4) is 5.75 Å². The van der Waals surface area contributed by atoms with E-state index < -0.39 is 0 Å². The third-order valence-corrected chi connectivity index (χ3v) is 3.60. The van der Waals surface area contributed by atoms with Gasteiger partial charge in [0.1, 0.15) is 5.75 Å². The van der Waals surface area contributed by atoms with E-state index in [9.17, 15) is 0 Å². The zero-order chi connectivity index (χ0) is 10.8. The fourth-order valence-corrected chi connectivity index (χ4v) is 2.66. The van der Waals surface area contributed by atoms with E-state index in [4.69, 9.17) is 10.5 Å². The monoisotopic (exact) mass is 205 g/mol. The van der Waals surface area contributed by atoms with Gasteiger partial charge in [0, 0.05) is 6.04 Å². The van der Waals surface area contributed by atoms with Gasteiger partial charge in [0.05, 0.1) is 7.11 Å². The van der Waals surface area contributed by atoms with Gasteiger partial charge in [-0.2, -0.15) is 0 Å². The zero-order valence-electron chi connectivity index (χ0n) is 9.44. The van der Waals surface area contributed by atoms with Crippen LogP contribution in [-0.2, 0) is 0 Å². The van der Waals surface area contributed by atoms with Crippen molar-refractivity contribution in [1.29, 1.82) is 0 Å². The summed E-state index contributed by atoms with van der Waals surface area (Å²) < 4.78 is 5.39. The Bertz CT molecular complexity index is 337. The molecule has 3 unspecified atom stereocenters. The van der Waals surface area contributed by atoms with Crippen LogP contribution in [-0.4, -0.2) is 13.2 Å². The standard InChI is InChI=1S/C13H19NO/c1-3-9-11(8-12(9)14)10-6-4-5-7-13(10)15-2/h4-7,9,11-12H,3,8,14H2,1-2H3. The fraction of sp³-hybridized carbons (Fsp3) is 0.538. The maximum Gasteiger partial charge on any atom is 0.122 e. The predicted octanol–water partition coefficient (Wildman–Crippen LogP) is 2.54. The Morgan fingerprint density at radius 3 is 2.73 bits per heavy atom. The van der Waals surface area contributed by atoms with E-state index in [2.05, 4.69) is 19.1 Å². The Morgan fingerprint density at radius 2 is 2.13 bits per heavy atom. The van der Waals surface area contributed by atoms with Crippen LogP contribution in [0.25, 0.3) is 0 Å². The normalized spacial score (nSPS) is 29.7. The van der Waals surface area contributed by atoms with Crippen LogP contribution in [0.1, 0.15) is 31.2 Å². The quantitative estimate of drug-likeness (QED) is 0.823. The molecule has 1 fully saturated rings. The van der Waals surface area contributed by atoms with Crippen molar-refractivity contribution in [3.05, 3.63) is 29.8 Å². The molecule has 0 bridgehead atoms. The van der Waals surface area contributed by atoms with Crippen LogP contribution in [0.2, 0.25) is 0 Å². The van der Waals surface area contributed by atoms with Crippen molar-refractivity contribution in [2.45, 2.75) is 31.7 Å². The molecule has 0 aromatic heterocycles. The second-order valence-corrected chi connectivity index (χ2v) is 4.32. The van der Waals surface area contributed by atoms with Gasteiger partial charge >= 0.3 is 0 Å². The van der Waals surface area contributed by atoms with E-state index in [-0.39, 0.29) is 0 Å². The van der Waals surface area contributed by atoms with Gasteiger partial charge < -0.3 is 10.5 Å². The van der Waals surface area contributed by atoms with E-state index in [0.717, 1.165) is 18.6 Å². The van der Waals surface area contributed by atoms with Crippen LogP contribution < -0.4 is 10.5 Å². The van der Waals surface area contributed by atoms with Crippen molar-refractivity contribution in [2.24, 2.45) is 11.7 Å². The van der Waals surface area contributed by atoms with Gasteiger partial charge in [0.25, 0.3) is 0 Å². The predicted molar refractivity (Wildman–Crippen MR) is 62.1 cm³/mol. The first-order valence-electron chi connectivity index (χ1n) is 5.66. The van der Waals surface area contributed by atoms with Gasteiger partial charge in [-0.25, -0.2) is 0 Å². The third kappa shape index (κ3) is 1.74. The van der Waals surface area contributed by atoms with Crippen LogP contribution in [0.15, 0.2) is 24.3 Å². The highest BCUT2D eigenvalue weighted by Gasteiger charge is 2.39. The van der Waals surface area contributed by atoms with Crippen LogP contribution in [0.4, 0.5) is 0 Å². The summed E-state index contributed by atoms with van der Waals surface area (Å²) in [6, 6.07) is 8.67. The lowest BCUT2D eigenvalue weighted by molar-refractivity contribution is 0.194. The van der Waals surface area contributed by atoms with Crippen molar-refractivity contribution >= 4 is 0 Å². The average molecular weight is 205 g/mol. The zero-order valence-corrected chi connectivity index (χ0v) is 9.44. The number of methoxy groups -OCH3 is 1. The summed E-state index contributed by atoms with van der Waals surface area (Å²) in [6.45, 7) is 2.21. The summed E-state index contributed by atoms with van der Waals surface area (Å²) in [5.41, 5.74) is 7.34. The number of rotatable bonds is 3. The average Bonchev–Trinajstić information content (AvgIpc) is 2.26. The summed E-state index contributed by atoms with van der Waals surface area (Å²) in [5.74, 6) is 2.23. The molecule has 0 aliphatic heterocycles. The first kappa shape index (κ1) is 10.5. The van der Waals surface area contributed by atoms with Crippen molar-refractivity contribution in [2.75, 3.05) is 7.11 Å². The SMILES string of the molecule is CCC1C(N)CC1c1ccccc1OC. The van der Waals surface area contributed by atoms with Gasteiger partial charge in [-0.1, -0.05) is 31.5 Å².